The van der Waals surface area contributed by atoms with Crippen LogP contribution in [0.1, 0.15) is 0 Å². The third-order valence-corrected chi connectivity index (χ3v) is 1.50. The molecule has 0 aromatic heterocycles. The van der Waals surface area contributed by atoms with E-state index in [2.05, 4.69) is 11.9 Å². The second-order valence-electron chi connectivity index (χ2n) is 2.06. The minimum absolute atomic E-state index is 0.649. The number of benzene rings is 1. The number of nitrogens with one attached hydrogen (secondary N) is 1. The van der Waals surface area contributed by atoms with Crippen LogP contribution in [0.15, 0.2) is 43.0 Å². The average molecular weight is 163 g/mol. The first-order valence-electron chi connectivity index (χ1n) is 3.31. The first-order valence-corrected chi connectivity index (χ1v) is 3.72. The van der Waals surface area contributed by atoms with E-state index in [1.807, 2.05) is 30.3 Å². The molecule has 0 amide bonds. The standard InChI is InChI=1S/C9H9NS/c1-2-9(11)10-8-6-4-3-5-7-8/h2-7H,1H2,(H,10,11). The van der Waals surface area contributed by atoms with E-state index < -0.39 is 0 Å². The molecule has 1 aromatic rings. The summed E-state index contributed by atoms with van der Waals surface area (Å²) >= 11 is 4.91. The van der Waals surface area contributed by atoms with Gasteiger partial charge in [0.15, 0.2) is 0 Å². The van der Waals surface area contributed by atoms with Crippen LogP contribution >= 0.6 is 12.2 Å². The molecule has 0 saturated carbocycles. The number of hydrogen-bond acceptors (Lipinski definition) is 1. The molecule has 0 unspecified atom stereocenters. The number of anilines is 1. The molecule has 1 rings (SSSR count). The van der Waals surface area contributed by atoms with Crippen molar-refractivity contribution in [1.29, 1.82) is 0 Å². The molecule has 1 nitrogen and oxygen atoms in total. The Morgan fingerprint density at radius 3 is 2.55 bits per heavy atom. The third kappa shape index (κ3) is 2.51. The molecule has 0 aliphatic carbocycles. The monoisotopic (exact) mass is 163 g/mol. The van der Waals surface area contributed by atoms with Crippen LogP contribution in [0.5, 0.6) is 0 Å². The molecule has 2 heteroatoms. The summed E-state index contributed by atoms with van der Waals surface area (Å²) < 4.78 is 0. The number of thiocarbonyl (C=S) groups is 1. The molecule has 0 radical (unpaired) electrons. The first-order chi connectivity index (χ1) is 5.33. The second-order valence-corrected chi connectivity index (χ2v) is 2.50. The second kappa shape index (κ2) is 3.88. The Hall–Kier alpha value is -1.15. The van der Waals surface area contributed by atoms with Gasteiger partial charge < -0.3 is 5.32 Å². The average Bonchev–Trinajstić information content (AvgIpc) is 2.06. The van der Waals surface area contributed by atoms with Gasteiger partial charge in [0.05, 0.1) is 0 Å². The predicted molar refractivity (Wildman–Crippen MR) is 52.9 cm³/mol. The molecule has 0 heterocycles. The van der Waals surface area contributed by atoms with E-state index in [1.165, 1.54) is 0 Å². The van der Waals surface area contributed by atoms with Gasteiger partial charge in [-0.25, -0.2) is 0 Å². The lowest BCUT2D eigenvalue weighted by molar-refractivity contribution is 1.65. The van der Waals surface area contributed by atoms with E-state index >= 15 is 0 Å². The fraction of sp³-hybridized carbons (Fsp3) is 0. The van der Waals surface area contributed by atoms with Crippen LogP contribution in [0.3, 0.4) is 0 Å². The van der Waals surface area contributed by atoms with Crippen molar-refractivity contribution >= 4 is 22.9 Å². The molecular weight excluding hydrogens is 154 g/mol. The van der Waals surface area contributed by atoms with E-state index in [1.54, 1.807) is 6.08 Å². The molecule has 56 valence electrons. The highest BCUT2D eigenvalue weighted by Crippen LogP contribution is 2.04. The van der Waals surface area contributed by atoms with Gasteiger partial charge in [0, 0.05) is 5.69 Å². The van der Waals surface area contributed by atoms with Gasteiger partial charge in [-0.2, -0.15) is 0 Å². The van der Waals surface area contributed by atoms with Gasteiger partial charge in [0.25, 0.3) is 0 Å². The van der Waals surface area contributed by atoms with Crippen LogP contribution in [0.25, 0.3) is 0 Å². The van der Waals surface area contributed by atoms with Crippen molar-refractivity contribution in [2.75, 3.05) is 5.32 Å². The van der Waals surface area contributed by atoms with Gasteiger partial charge in [-0.05, 0) is 18.2 Å². The van der Waals surface area contributed by atoms with E-state index in [0.717, 1.165) is 5.69 Å². The van der Waals surface area contributed by atoms with Gasteiger partial charge in [0.1, 0.15) is 4.99 Å². The van der Waals surface area contributed by atoms with E-state index in [-0.39, 0.29) is 0 Å². The van der Waals surface area contributed by atoms with Crippen LogP contribution in [-0.4, -0.2) is 4.99 Å². The maximum absolute atomic E-state index is 4.91. The molecule has 0 fully saturated rings. The fourth-order valence-corrected chi connectivity index (χ4v) is 0.833. The third-order valence-electron chi connectivity index (χ3n) is 1.23. The summed E-state index contributed by atoms with van der Waals surface area (Å²) in [6.07, 6.45) is 1.61. The molecule has 0 aliphatic heterocycles. The summed E-state index contributed by atoms with van der Waals surface area (Å²) in [6.45, 7) is 3.55. The Balaban J connectivity index is 2.65. The maximum atomic E-state index is 4.91. The molecule has 0 spiro atoms. The van der Waals surface area contributed by atoms with Gasteiger partial charge in [-0.3, -0.25) is 0 Å². The molecule has 0 saturated heterocycles. The number of hydrogen-bond donors (Lipinski definition) is 1. The van der Waals surface area contributed by atoms with Crippen molar-refractivity contribution in [2.45, 2.75) is 0 Å². The van der Waals surface area contributed by atoms with Crippen molar-refractivity contribution in [2.24, 2.45) is 0 Å². The summed E-state index contributed by atoms with van der Waals surface area (Å²) in [7, 11) is 0. The Morgan fingerprint density at radius 1 is 1.36 bits per heavy atom. The molecule has 1 aromatic carbocycles. The zero-order chi connectivity index (χ0) is 8.10. The van der Waals surface area contributed by atoms with Crippen molar-refractivity contribution in [1.82, 2.24) is 0 Å². The van der Waals surface area contributed by atoms with E-state index in [4.69, 9.17) is 12.2 Å². The van der Waals surface area contributed by atoms with Crippen LogP contribution < -0.4 is 5.32 Å². The molecule has 0 bridgehead atoms. The molecule has 0 aliphatic rings. The van der Waals surface area contributed by atoms with E-state index in [9.17, 15) is 0 Å². The lowest BCUT2D eigenvalue weighted by atomic mass is 10.3. The largest absolute Gasteiger partial charge is 0.347 e. The van der Waals surface area contributed by atoms with Crippen LogP contribution in [0.4, 0.5) is 5.69 Å². The highest BCUT2D eigenvalue weighted by atomic mass is 32.1. The number of para-hydroxylation sites is 1. The van der Waals surface area contributed by atoms with Crippen molar-refractivity contribution in [3.63, 3.8) is 0 Å². The van der Waals surface area contributed by atoms with Crippen LogP contribution in [0, 0.1) is 0 Å². The zero-order valence-electron chi connectivity index (χ0n) is 6.08. The maximum Gasteiger partial charge on any atom is 0.103 e. The van der Waals surface area contributed by atoms with Gasteiger partial charge in [-0.1, -0.05) is 37.0 Å². The Labute approximate surface area is 71.7 Å². The lowest BCUT2D eigenvalue weighted by Crippen LogP contribution is -2.03. The summed E-state index contributed by atoms with van der Waals surface area (Å²) in [5.74, 6) is 0. The topological polar surface area (TPSA) is 12.0 Å². The molecular formula is C9H9NS. The highest BCUT2D eigenvalue weighted by molar-refractivity contribution is 7.81. The smallest absolute Gasteiger partial charge is 0.103 e. The van der Waals surface area contributed by atoms with Crippen molar-refractivity contribution in [3.05, 3.63) is 43.0 Å². The predicted octanol–water partition coefficient (Wildman–Crippen LogP) is 2.61. The van der Waals surface area contributed by atoms with Crippen molar-refractivity contribution in [3.8, 4) is 0 Å². The minimum Gasteiger partial charge on any atom is -0.347 e. The molecule has 11 heavy (non-hydrogen) atoms. The quantitative estimate of drug-likeness (QED) is 0.531. The van der Waals surface area contributed by atoms with Gasteiger partial charge >= 0.3 is 0 Å². The molecule has 1 N–H and O–H groups in total. The van der Waals surface area contributed by atoms with E-state index in [0.29, 0.717) is 4.99 Å². The summed E-state index contributed by atoms with van der Waals surface area (Å²) in [4.78, 5) is 0.649. The summed E-state index contributed by atoms with van der Waals surface area (Å²) in [5.41, 5.74) is 0.998. The minimum atomic E-state index is 0.649. The Morgan fingerprint density at radius 2 is 2.00 bits per heavy atom. The normalized spacial score (nSPS) is 8.73. The highest BCUT2D eigenvalue weighted by Gasteiger charge is 1.89. The number of rotatable bonds is 2. The Bertz CT molecular complexity index is 254. The lowest BCUT2D eigenvalue weighted by Gasteiger charge is -2.01. The zero-order valence-corrected chi connectivity index (χ0v) is 6.90. The Kier molecular flexibility index (Phi) is 2.81. The molecule has 0 atom stereocenters. The summed E-state index contributed by atoms with van der Waals surface area (Å²) in [5, 5.41) is 3.00. The van der Waals surface area contributed by atoms with Crippen LogP contribution in [-0.2, 0) is 0 Å². The SMILES string of the molecule is C=CC(=S)Nc1ccccc1. The van der Waals surface area contributed by atoms with Gasteiger partial charge in [0.2, 0.25) is 0 Å². The fourth-order valence-electron chi connectivity index (χ4n) is 0.715. The summed E-state index contributed by atoms with van der Waals surface area (Å²) in [6, 6.07) is 9.77. The van der Waals surface area contributed by atoms with Crippen LogP contribution in [0.2, 0.25) is 0 Å². The van der Waals surface area contributed by atoms with Gasteiger partial charge in [-0.15, -0.1) is 0 Å². The van der Waals surface area contributed by atoms with Crippen molar-refractivity contribution < 1.29 is 0 Å². The first kappa shape index (κ1) is 7.95.